The van der Waals surface area contributed by atoms with E-state index >= 15 is 0 Å². The summed E-state index contributed by atoms with van der Waals surface area (Å²) < 4.78 is 0. The normalized spacial score (nSPS) is 13.9. The number of nitrogens with zero attached hydrogens (tertiary/aromatic N) is 4. The second-order valence-corrected chi connectivity index (χ2v) is 5.67. The monoisotopic (exact) mass is 322 g/mol. The number of amides is 1. The molecule has 1 aliphatic rings. The van der Waals surface area contributed by atoms with Crippen molar-refractivity contribution in [2.45, 2.75) is 13.0 Å². The quantitative estimate of drug-likeness (QED) is 0.834. The maximum absolute atomic E-state index is 12.4. The minimum atomic E-state index is -0.273. The molecule has 2 aromatic rings. The first-order chi connectivity index (χ1) is 10.5. The Bertz CT molecular complexity index is 781. The number of hydrogen-bond acceptors (Lipinski definition) is 5. The second-order valence-electron chi connectivity index (χ2n) is 5.27. The number of hydrogen-bond donors (Lipinski definition) is 2. The van der Waals surface area contributed by atoms with Crippen LogP contribution in [0.5, 0.6) is 0 Å². The molecule has 2 aromatic heterocycles. The lowest BCUT2D eigenvalue weighted by atomic mass is 10.1. The molecule has 0 atom stereocenters. The van der Waals surface area contributed by atoms with Crippen molar-refractivity contribution >= 4 is 23.5 Å². The number of nitrogens with one attached hydrogen (secondary N) is 2. The highest BCUT2D eigenvalue weighted by Crippen LogP contribution is 2.20. The Kier molecular flexibility index (Phi) is 3.61. The van der Waals surface area contributed by atoms with Crippen molar-refractivity contribution < 1.29 is 4.79 Å². The summed E-state index contributed by atoms with van der Waals surface area (Å²) >= 11 is 5.93. The molecule has 0 aliphatic carbocycles. The number of carbonyl (C=O) groups excluding carboxylic acids is 1. The Morgan fingerprint density at radius 3 is 2.86 bits per heavy atom. The Labute approximate surface area is 131 Å². The van der Waals surface area contributed by atoms with E-state index in [1.807, 2.05) is 0 Å². The molecule has 1 aliphatic heterocycles. The van der Waals surface area contributed by atoms with E-state index in [1.54, 1.807) is 23.9 Å². The summed E-state index contributed by atoms with van der Waals surface area (Å²) in [7, 11) is 3.58. The lowest BCUT2D eigenvalue weighted by Crippen LogP contribution is -2.39. The highest BCUT2D eigenvalue weighted by Gasteiger charge is 2.27. The maximum atomic E-state index is 12.4. The van der Waals surface area contributed by atoms with Crippen LogP contribution in [0, 0.1) is 0 Å². The van der Waals surface area contributed by atoms with E-state index in [0.29, 0.717) is 30.2 Å². The van der Waals surface area contributed by atoms with Crippen LogP contribution in [0.1, 0.15) is 21.7 Å². The van der Waals surface area contributed by atoms with Crippen LogP contribution in [0.2, 0.25) is 5.02 Å². The van der Waals surface area contributed by atoms with E-state index in [1.165, 1.54) is 6.20 Å². The van der Waals surface area contributed by atoms with Crippen LogP contribution >= 0.6 is 11.6 Å². The third-order valence-corrected chi connectivity index (χ3v) is 3.86. The molecule has 3 heterocycles. The fourth-order valence-corrected chi connectivity index (χ4v) is 2.56. The Morgan fingerprint density at radius 2 is 2.23 bits per heavy atom. The van der Waals surface area contributed by atoms with Crippen molar-refractivity contribution in [1.82, 2.24) is 25.1 Å². The molecule has 22 heavy (non-hydrogen) atoms. The molecule has 8 nitrogen and oxygen atoms in total. The lowest BCUT2D eigenvalue weighted by molar-refractivity contribution is 0.0725. The molecule has 0 spiro atoms. The van der Waals surface area contributed by atoms with Gasteiger partial charge >= 0.3 is 0 Å². The van der Waals surface area contributed by atoms with Gasteiger partial charge in [-0.05, 0) is 6.42 Å². The highest BCUT2D eigenvalue weighted by atomic mass is 35.5. The molecule has 0 fully saturated rings. The van der Waals surface area contributed by atoms with Crippen LogP contribution < -0.4 is 10.5 Å². The molecular weight excluding hydrogens is 308 g/mol. The zero-order chi connectivity index (χ0) is 15.9. The molecule has 9 heteroatoms. The number of H-pyrrole nitrogens is 2. The van der Waals surface area contributed by atoms with Gasteiger partial charge in [0.1, 0.15) is 0 Å². The fraction of sp³-hybridized carbons (Fsp3) is 0.385. The van der Waals surface area contributed by atoms with Crippen LogP contribution in [0.25, 0.3) is 0 Å². The molecule has 0 saturated carbocycles. The standard InChI is InChI=1S/C13H15ClN6O2/c1-19(2)13-16-9-6-20(4-3-7(9)11(21)17-13)12(22)10-8(14)5-15-18-10/h5H,3-4,6H2,1-2H3,(H,15,18)(H,16,17,21). The number of anilines is 1. The van der Waals surface area contributed by atoms with E-state index in [0.717, 1.165) is 0 Å². The Morgan fingerprint density at radius 1 is 1.45 bits per heavy atom. The molecule has 116 valence electrons. The predicted molar refractivity (Wildman–Crippen MR) is 81.2 cm³/mol. The first-order valence-electron chi connectivity index (χ1n) is 6.75. The van der Waals surface area contributed by atoms with Gasteiger partial charge in [-0.15, -0.1) is 0 Å². The molecule has 0 bridgehead atoms. The number of halogens is 1. The average molecular weight is 323 g/mol. The smallest absolute Gasteiger partial charge is 0.276 e. The van der Waals surface area contributed by atoms with E-state index in [2.05, 4.69) is 20.2 Å². The number of aromatic amines is 2. The van der Waals surface area contributed by atoms with Crippen LogP contribution in [0.3, 0.4) is 0 Å². The van der Waals surface area contributed by atoms with E-state index in [-0.39, 0.29) is 28.7 Å². The van der Waals surface area contributed by atoms with Crippen molar-refractivity contribution in [1.29, 1.82) is 0 Å². The first-order valence-corrected chi connectivity index (χ1v) is 7.13. The summed E-state index contributed by atoms with van der Waals surface area (Å²) in [6.45, 7) is 0.698. The SMILES string of the molecule is CN(C)c1nc2c(c(=O)[nH]1)CCN(C(=O)c1n[nH]cc1Cl)C2. The molecule has 0 saturated heterocycles. The van der Waals surface area contributed by atoms with Gasteiger partial charge in [0.05, 0.1) is 17.3 Å². The van der Waals surface area contributed by atoms with Crippen molar-refractivity contribution in [3.63, 3.8) is 0 Å². The molecule has 0 radical (unpaired) electrons. The molecular formula is C13H15ClN6O2. The zero-order valence-electron chi connectivity index (χ0n) is 12.2. The van der Waals surface area contributed by atoms with Crippen LogP contribution in [0.15, 0.2) is 11.0 Å². The lowest BCUT2D eigenvalue weighted by Gasteiger charge is -2.27. The third-order valence-electron chi connectivity index (χ3n) is 3.57. The summed E-state index contributed by atoms with van der Waals surface area (Å²) in [5.74, 6) is 0.196. The zero-order valence-corrected chi connectivity index (χ0v) is 12.9. The van der Waals surface area contributed by atoms with Gasteiger partial charge in [-0.2, -0.15) is 5.10 Å². The number of carbonyl (C=O) groups is 1. The van der Waals surface area contributed by atoms with Gasteiger partial charge < -0.3 is 9.80 Å². The maximum Gasteiger partial charge on any atom is 0.276 e. The second kappa shape index (κ2) is 5.45. The van der Waals surface area contributed by atoms with Gasteiger partial charge in [-0.3, -0.25) is 19.7 Å². The number of rotatable bonds is 2. The number of aromatic nitrogens is 4. The van der Waals surface area contributed by atoms with Crippen molar-refractivity contribution in [2.75, 3.05) is 25.5 Å². The molecule has 1 amide bonds. The minimum Gasteiger partial charge on any atom is -0.348 e. The van der Waals surface area contributed by atoms with Crippen LogP contribution in [-0.2, 0) is 13.0 Å². The van der Waals surface area contributed by atoms with Crippen molar-refractivity contribution in [3.05, 3.63) is 38.5 Å². The van der Waals surface area contributed by atoms with Gasteiger partial charge in [0.2, 0.25) is 5.95 Å². The largest absolute Gasteiger partial charge is 0.348 e. The van der Waals surface area contributed by atoms with Crippen molar-refractivity contribution in [2.24, 2.45) is 0 Å². The van der Waals surface area contributed by atoms with Crippen molar-refractivity contribution in [3.8, 4) is 0 Å². The van der Waals surface area contributed by atoms with E-state index in [4.69, 9.17) is 11.6 Å². The molecule has 0 aromatic carbocycles. The third kappa shape index (κ3) is 2.45. The average Bonchev–Trinajstić information content (AvgIpc) is 2.91. The van der Waals surface area contributed by atoms with Gasteiger partial charge in [0.15, 0.2) is 5.69 Å². The number of fused-ring (bicyclic) bond motifs is 1. The van der Waals surface area contributed by atoms with Gasteiger partial charge in [-0.1, -0.05) is 11.6 Å². The van der Waals surface area contributed by atoms with Crippen LogP contribution in [0.4, 0.5) is 5.95 Å². The van der Waals surface area contributed by atoms with Gasteiger partial charge in [0.25, 0.3) is 11.5 Å². The summed E-state index contributed by atoms with van der Waals surface area (Å²) in [6, 6.07) is 0. The topological polar surface area (TPSA) is 98.0 Å². The molecule has 0 unspecified atom stereocenters. The summed E-state index contributed by atoms with van der Waals surface area (Å²) in [6.07, 6.45) is 1.92. The van der Waals surface area contributed by atoms with E-state index in [9.17, 15) is 9.59 Å². The molecule has 3 rings (SSSR count). The Balaban J connectivity index is 1.92. The Hall–Kier alpha value is -2.35. The van der Waals surface area contributed by atoms with Gasteiger partial charge in [0, 0.05) is 32.4 Å². The summed E-state index contributed by atoms with van der Waals surface area (Å²) in [4.78, 5) is 35.0. The minimum absolute atomic E-state index is 0.154. The predicted octanol–water partition coefficient (Wildman–Crippen LogP) is 0.411. The highest BCUT2D eigenvalue weighted by molar-refractivity contribution is 6.33. The summed E-state index contributed by atoms with van der Waals surface area (Å²) in [5, 5.41) is 6.71. The van der Waals surface area contributed by atoms with Crippen LogP contribution in [-0.4, -0.2) is 51.6 Å². The van der Waals surface area contributed by atoms with Gasteiger partial charge in [-0.25, -0.2) is 4.98 Å². The fourth-order valence-electron chi connectivity index (χ4n) is 2.39. The first kappa shape index (κ1) is 14.6. The summed E-state index contributed by atoms with van der Waals surface area (Å²) in [5.41, 5.74) is 1.27. The van der Waals surface area contributed by atoms with E-state index < -0.39 is 0 Å². The molecule has 2 N–H and O–H groups in total.